The molecule has 1 fully saturated rings. The summed E-state index contributed by atoms with van der Waals surface area (Å²) < 4.78 is 32.9. The molecule has 0 unspecified atom stereocenters. The van der Waals surface area contributed by atoms with Crippen LogP contribution in [0.2, 0.25) is 5.02 Å². The van der Waals surface area contributed by atoms with Gasteiger partial charge in [0.2, 0.25) is 15.9 Å². The first kappa shape index (κ1) is 18.7. The third kappa shape index (κ3) is 4.00. The smallest absolute Gasteiger partial charge is 0.244 e. The van der Waals surface area contributed by atoms with E-state index in [1.54, 1.807) is 11.0 Å². The summed E-state index contributed by atoms with van der Waals surface area (Å²) in [5.74, 6) is 0.310. The highest BCUT2D eigenvalue weighted by atomic mass is 35.5. The molecule has 1 aliphatic rings. The molecule has 0 aromatic heterocycles. The van der Waals surface area contributed by atoms with Gasteiger partial charge in [0.1, 0.15) is 10.6 Å². The fourth-order valence-corrected chi connectivity index (χ4v) is 4.32. The van der Waals surface area contributed by atoms with Crippen LogP contribution in [0.5, 0.6) is 5.75 Å². The van der Waals surface area contributed by atoms with Gasteiger partial charge in [-0.2, -0.15) is 0 Å². The fourth-order valence-electron chi connectivity index (χ4n) is 2.87. The lowest BCUT2D eigenvalue weighted by atomic mass is 10.2. The van der Waals surface area contributed by atoms with Crippen LogP contribution < -0.4 is 14.4 Å². The molecule has 26 heavy (non-hydrogen) atoms. The molecular formula is C18H19ClN2O4S. The minimum atomic E-state index is -3.81. The third-order valence-electron chi connectivity index (χ3n) is 4.18. The maximum absolute atomic E-state index is 12.6. The largest absolute Gasteiger partial charge is 0.495 e. The van der Waals surface area contributed by atoms with Gasteiger partial charge in [-0.3, -0.25) is 4.79 Å². The summed E-state index contributed by atoms with van der Waals surface area (Å²) in [5.41, 5.74) is 1.54. The lowest BCUT2D eigenvalue weighted by Crippen LogP contribution is -2.25. The Kier molecular flexibility index (Phi) is 5.50. The zero-order valence-electron chi connectivity index (χ0n) is 14.2. The average Bonchev–Trinajstić information content (AvgIpc) is 3.06. The quantitative estimate of drug-likeness (QED) is 0.817. The van der Waals surface area contributed by atoms with Crippen molar-refractivity contribution in [2.75, 3.05) is 18.6 Å². The van der Waals surface area contributed by atoms with Crippen molar-refractivity contribution in [1.29, 1.82) is 0 Å². The van der Waals surface area contributed by atoms with Crippen LogP contribution in [-0.4, -0.2) is 28.0 Å². The van der Waals surface area contributed by atoms with Crippen molar-refractivity contribution in [3.05, 3.63) is 53.1 Å². The molecule has 1 saturated heterocycles. The monoisotopic (exact) mass is 394 g/mol. The number of rotatable bonds is 6. The second-order valence-electron chi connectivity index (χ2n) is 5.94. The molecule has 0 saturated carbocycles. The maximum Gasteiger partial charge on any atom is 0.244 e. The predicted molar refractivity (Wildman–Crippen MR) is 100 cm³/mol. The Morgan fingerprint density at radius 3 is 2.73 bits per heavy atom. The molecule has 0 atom stereocenters. The molecule has 2 aromatic rings. The number of carbonyl (C=O) groups excluding carboxylic acids is 1. The molecule has 3 rings (SSSR count). The van der Waals surface area contributed by atoms with Gasteiger partial charge in [0, 0.05) is 30.2 Å². The van der Waals surface area contributed by atoms with E-state index < -0.39 is 10.0 Å². The molecule has 0 bridgehead atoms. The van der Waals surface area contributed by atoms with Crippen molar-refractivity contribution >= 4 is 33.2 Å². The molecule has 0 aliphatic carbocycles. The van der Waals surface area contributed by atoms with Gasteiger partial charge in [0.05, 0.1) is 7.11 Å². The second-order valence-corrected chi connectivity index (χ2v) is 8.11. The van der Waals surface area contributed by atoms with Crippen molar-refractivity contribution in [2.45, 2.75) is 24.3 Å². The van der Waals surface area contributed by atoms with Gasteiger partial charge in [-0.05, 0) is 42.3 Å². The highest BCUT2D eigenvalue weighted by Crippen LogP contribution is 2.27. The van der Waals surface area contributed by atoms with Gasteiger partial charge >= 0.3 is 0 Å². The lowest BCUT2D eigenvalue weighted by Gasteiger charge is -2.17. The number of halogens is 1. The first-order valence-corrected chi connectivity index (χ1v) is 9.99. The number of amides is 1. The van der Waals surface area contributed by atoms with Crippen LogP contribution >= 0.6 is 11.6 Å². The Morgan fingerprint density at radius 2 is 2.04 bits per heavy atom. The first-order chi connectivity index (χ1) is 12.4. The van der Waals surface area contributed by atoms with Crippen LogP contribution in [0.25, 0.3) is 0 Å². The standard InChI is InChI=1S/C18H19ClN2O4S/c1-25-16-8-7-14(19)11-17(16)26(23,24)20-12-13-4-2-5-15(10-13)21-9-3-6-18(21)22/h2,4-5,7-8,10-11,20H,3,6,9,12H2,1H3. The van der Waals surface area contributed by atoms with E-state index >= 15 is 0 Å². The normalized spacial score (nSPS) is 14.7. The molecule has 8 heteroatoms. The number of hydrogen-bond acceptors (Lipinski definition) is 4. The van der Waals surface area contributed by atoms with Crippen molar-refractivity contribution in [1.82, 2.24) is 4.72 Å². The SMILES string of the molecule is COc1ccc(Cl)cc1S(=O)(=O)NCc1cccc(N2CCCC2=O)c1. The number of nitrogens with one attached hydrogen (secondary N) is 1. The number of benzene rings is 2. The van der Waals surface area contributed by atoms with E-state index in [9.17, 15) is 13.2 Å². The Labute approximate surface area is 157 Å². The number of sulfonamides is 1. The Morgan fingerprint density at radius 1 is 1.23 bits per heavy atom. The molecule has 1 aliphatic heterocycles. The van der Waals surface area contributed by atoms with Crippen LogP contribution in [0.15, 0.2) is 47.4 Å². The van der Waals surface area contributed by atoms with Crippen molar-refractivity contribution in [3.8, 4) is 5.75 Å². The number of anilines is 1. The van der Waals surface area contributed by atoms with E-state index in [1.807, 2.05) is 24.3 Å². The van der Waals surface area contributed by atoms with Gasteiger partial charge in [0.15, 0.2) is 0 Å². The molecule has 1 N–H and O–H groups in total. The van der Waals surface area contributed by atoms with Crippen LogP contribution in [0, 0.1) is 0 Å². The lowest BCUT2D eigenvalue weighted by molar-refractivity contribution is -0.117. The van der Waals surface area contributed by atoms with Gasteiger partial charge in [-0.15, -0.1) is 0 Å². The molecule has 6 nitrogen and oxygen atoms in total. The summed E-state index contributed by atoms with van der Waals surface area (Å²) in [6, 6.07) is 11.7. The third-order valence-corrected chi connectivity index (χ3v) is 5.83. The Bertz CT molecular complexity index is 931. The molecule has 2 aromatic carbocycles. The van der Waals surface area contributed by atoms with Gasteiger partial charge in [0.25, 0.3) is 0 Å². The van der Waals surface area contributed by atoms with Crippen LogP contribution in [0.4, 0.5) is 5.69 Å². The van der Waals surface area contributed by atoms with Gasteiger partial charge < -0.3 is 9.64 Å². The summed E-state index contributed by atoms with van der Waals surface area (Å²) in [6.07, 6.45) is 1.38. The van der Waals surface area contributed by atoms with Crippen molar-refractivity contribution < 1.29 is 17.9 Å². The van der Waals surface area contributed by atoms with E-state index in [2.05, 4.69) is 4.72 Å². The number of carbonyl (C=O) groups is 1. The molecule has 138 valence electrons. The van der Waals surface area contributed by atoms with E-state index in [-0.39, 0.29) is 23.1 Å². The summed E-state index contributed by atoms with van der Waals surface area (Å²) in [7, 11) is -2.40. The number of hydrogen-bond donors (Lipinski definition) is 1. The van der Waals surface area contributed by atoms with Crippen LogP contribution in [-0.2, 0) is 21.4 Å². The van der Waals surface area contributed by atoms with E-state index in [1.165, 1.54) is 19.2 Å². The number of nitrogens with zero attached hydrogens (tertiary/aromatic N) is 1. The maximum atomic E-state index is 12.6. The zero-order valence-corrected chi connectivity index (χ0v) is 15.8. The second kappa shape index (κ2) is 7.65. The fraction of sp³-hybridized carbons (Fsp3) is 0.278. The summed E-state index contributed by atoms with van der Waals surface area (Å²) >= 11 is 5.92. The molecule has 0 radical (unpaired) electrons. The summed E-state index contributed by atoms with van der Waals surface area (Å²) in [5, 5.41) is 0.306. The van der Waals surface area contributed by atoms with E-state index in [0.29, 0.717) is 18.0 Å². The van der Waals surface area contributed by atoms with E-state index in [4.69, 9.17) is 16.3 Å². The number of ether oxygens (including phenoxy) is 1. The summed E-state index contributed by atoms with van der Waals surface area (Å²) in [4.78, 5) is 13.6. The minimum Gasteiger partial charge on any atom is -0.495 e. The molecular weight excluding hydrogens is 376 g/mol. The predicted octanol–water partition coefficient (Wildman–Crippen LogP) is 2.95. The van der Waals surface area contributed by atoms with E-state index in [0.717, 1.165) is 17.7 Å². The highest BCUT2D eigenvalue weighted by Gasteiger charge is 2.22. The van der Waals surface area contributed by atoms with Crippen LogP contribution in [0.3, 0.4) is 0 Å². The minimum absolute atomic E-state index is 0.0154. The molecule has 1 heterocycles. The Hall–Kier alpha value is -2.09. The summed E-state index contributed by atoms with van der Waals surface area (Å²) in [6.45, 7) is 0.779. The number of methoxy groups -OCH3 is 1. The average molecular weight is 395 g/mol. The van der Waals surface area contributed by atoms with Crippen molar-refractivity contribution in [3.63, 3.8) is 0 Å². The van der Waals surface area contributed by atoms with Crippen molar-refractivity contribution in [2.24, 2.45) is 0 Å². The Balaban J connectivity index is 1.78. The highest BCUT2D eigenvalue weighted by molar-refractivity contribution is 7.89. The zero-order chi connectivity index (χ0) is 18.7. The van der Waals surface area contributed by atoms with Gasteiger partial charge in [-0.1, -0.05) is 23.7 Å². The molecule has 1 amide bonds. The van der Waals surface area contributed by atoms with Crippen LogP contribution in [0.1, 0.15) is 18.4 Å². The van der Waals surface area contributed by atoms with Gasteiger partial charge in [-0.25, -0.2) is 13.1 Å². The first-order valence-electron chi connectivity index (χ1n) is 8.13. The molecule has 0 spiro atoms. The topological polar surface area (TPSA) is 75.7 Å².